The van der Waals surface area contributed by atoms with E-state index in [2.05, 4.69) is 22.0 Å². The molecule has 170 valence electrons. The Morgan fingerprint density at radius 2 is 1.97 bits per heavy atom. The Hall–Kier alpha value is -4.06. The van der Waals surface area contributed by atoms with Crippen LogP contribution in [0.1, 0.15) is 33.3 Å². The Bertz CT molecular complexity index is 1770. The monoisotopic (exact) mass is 498 g/mol. The molecule has 2 aromatic carbocycles. The lowest BCUT2D eigenvalue weighted by atomic mass is 10.0. The molecular formula is C26H17ClN5O2S+. The minimum Gasteiger partial charge on any atom is -0.276 e. The summed E-state index contributed by atoms with van der Waals surface area (Å²) in [6.07, 6.45) is 1.70. The zero-order valence-corrected chi connectivity index (χ0v) is 20.1. The molecule has 4 heterocycles. The molecule has 0 radical (unpaired) electrons. The van der Waals surface area contributed by atoms with Crippen molar-refractivity contribution in [2.24, 2.45) is 4.99 Å². The first-order valence-electron chi connectivity index (χ1n) is 10.9. The number of hydrogen-bond donors (Lipinski definition) is 0. The lowest BCUT2D eigenvalue weighted by molar-refractivity contribution is -0.712. The fraction of sp³-hybridized carbons (Fsp3) is 0.115. The zero-order valence-electron chi connectivity index (χ0n) is 18.5. The van der Waals surface area contributed by atoms with Crippen LogP contribution in [-0.2, 0) is 13.0 Å². The van der Waals surface area contributed by atoms with Crippen molar-refractivity contribution in [1.82, 2.24) is 14.8 Å². The maximum Gasteiger partial charge on any atom is 0.313 e. The standard InChI is InChI=1S/C26H17ClN5O2S/c1-16-29-30-24-14-28-25(20-10-4-5-11-22(20)27)21-13-18(35-26(21)31(16)24)8-6-12-23-19-9-3-2-7-17(19)15-34-32(23)33/h2-5,7,9-11,13,15H,12,14H2,1H3/q+1. The minimum atomic E-state index is 0.249. The van der Waals surface area contributed by atoms with Crippen molar-refractivity contribution in [1.29, 1.82) is 0 Å². The summed E-state index contributed by atoms with van der Waals surface area (Å²) >= 11 is 8.07. The Kier molecular flexibility index (Phi) is 5.29. The molecule has 0 bridgehead atoms. The van der Waals surface area contributed by atoms with Gasteiger partial charge in [-0.1, -0.05) is 59.8 Å². The van der Waals surface area contributed by atoms with Gasteiger partial charge >= 0.3 is 5.69 Å². The molecule has 0 fully saturated rings. The Morgan fingerprint density at radius 1 is 1.14 bits per heavy atom. The average molecular weight is 499 g/mol. The van der Waals surface area contributed by atoms with Crippen LogP contribution in [0.3, 0.4) is 0 Å². The molecule has 0 N–H and O–H groups in total. The second-order valence-corrected chi connectivity index (χ2v) is 9.40. The van der Waals surface area contributed by atoms with Gasteiger partial charge in [0.05, 0.1) is 20.9 Å². The number of hydrogen-bond acceptors (Lipinski definition) is 6. The van der Waals surface area contributed by atoms with E-state index in [4.69, 9.17) is 21.1 Å². The maximum absolute atomic E-state index is 12.3. The van der Waals surface area contributed by atoms with Crippen LogP contribution < -0.4 is 4.60 Å². The van der Waals surface area contributed by atoms with Gasteiger partial charge in [-0.2, -0.15) is 4.52 Å². The Balaban J connectivity index is 1.44. The summed E-state index contributed by atoms with van der Waals surface area (Å²) in [5.41, 5.74) is 3.05. The lowest BCUT2D eigenvalue weighted by Crippen LogP contribution is -2.20. The number of thiophene rings is 1. The first-order chi connectivity index (χ1) is 17.1. The summed E-state index contributed by atoms with van der Waals surface area (Å²) in [4.78, 5) is 18.0. The number of aryl methyl sites for hydroxylation is 1. The number of aromatic nitrogens is 4. The van der Waals surface area contributed by atoms with Gasteiger partial charge in [-0.05, 0) is 25.1 Å². The van der Waals surface area contributed by atoms with Crippen LogP contribution in [0.5, 0.6) is 0 Å². The lowest BCUT2D eigenvalue weighted by Gasteiger charge is -2.08. The summed E-state index contributed by atoms with van der Waals surface area (Å²) in [6, 6.07) is 17.3. The molecule has 0 saturated carbocycles. The third-order valence-corrected chi connectivity index (χ3v) is 7.17. The summed E-state index contributed by atoms with van der Waals surface area (Å²) < 4.78 is 7.67. The van der Waals surface area contributed by atoms with Crippen LogP contribution in [0, 0.1) is 23.7 Å². The summed E-state index contributed by atoms with van der Waals surface area (Å²) in [7, 11) is 0. The molecule has 1 aliphatic heterocycles. The third kappa shape index (κ3) is 3.75. The fourth-order valence-corrected chi connectivity index (χ4v) is 5.50. The molecule has 9 heteroatoms. The molecule has 7 nitrogen and oxygen atoms in total. The molecule has 0 aliphatic carbocycles. The van der Waals surface area contributed by atoms with Gasteiger partial charge in [0, 0.05) is 21.5 Å². The average Bonchev–Trinajstić information content (AvgIpc) is 3.40. The molecule has 0 atom stereocenters. The predicted molar refractivity (Wildman–Crippen MR) is 135 cm³/mol. The smallest absolute Gasteiger partial charge is 0.276 e. The van der Waals surface area contributed by atoms with Crippen molar-refractivity contribution in [2.45, 2.75) is 19.9 Å². The van der Waals surface area contributed by atoms with Crippen LogP contribution in [0.4, 0.5) is 0 Å². The number of fused-ring (bicyclic) bond motifs is 4. The first-order valence-corrected chi connectivity index (χ1v) is 12.1. The fourth-order valence-electron chi connectivity index (χ4n) is 4.17. The molecule has 0 saturated heterocycles. The van der Waals surface area contributed by atoms with Crippen molar-refractivity contribution < 1.29 is 9.12 Å². The predicted octanol–water partition coefficient (Wildman–Crippen LogP) is 4.90. The van der Waals surface area contributed by atoms with E-state index in [-0.39, 0.29) is 6.42 Å². The molecule has 3 aromatic heterocycles. The Morgan fingerprint density at radius 3 is 2.86 bits per heavy atom. The molecule has 5 aromatic rings. The second-order valence-electron chi connectivity index (χ2n) is 7.97. The van der Waals surface area contributed by atoms with Gasteiger partial charge < -0.3 is 0 Å². The van der Waals surface area contributed by atoms with Crippen molar-refractivity contribution >= 4 is 39.4 Å². The molecule has 1 aliphatic rings. The quantitative estimate of drug-likeness (QED) is 0.324. The van der Waals surface area contributed by atoms with Crippen LogP contribution in [-0.4, -0.2) is 20.5 Å². The van der Waals surface area contributed by atoms with E-state index in [1.165, 1.54) is 17.6 Å². The molecular weight excluding hydrogens is 482 g/mol. The van der Waals surface area contributed by atoms with Crippen molar-refractivity contribution in [2.75, 3.05) is 0 Å². The van der Waals surface area contributed by atoms with E-state index in [0.717, 1.165) is 49.1 Å². The summed E-state index contributed by atoms with van der Waals surface area (Å²) in [5, 5.41) is 11.8. The van der Waals surface area contributed by atoms with Crippen LogP contribution in [0.15, 0.2) is 70.4 Å². The van der Waals surface area contributed by atoms with Gasteiger partial charge in [0.25, 0.3) is 4.60 Å². The normalized spacial score (nSPS) is 12.3. The van der Waals surface area contributed by atoms with Crippen LogP contribution in [0.2, 0.25) is 5.02 Å². The van der Waals surface area contributed by atoms with E-state index in [9.17, 15) is 4.91 Å². The molecule has 6 rings (SSSR count). The number of benzene rings is 2. The van der Waals surface area contributed by atoms with Crippen molar-refractivity contribution in [3.8, 4) is 16.8 Å². The van der Waals surface area contributed by atoms with Crippen LogP contribution in [0.25, 0.3) is 15.8 Å². The van der Waals surface area contributed by atoms with Crippen LogP contribution >= 0.6 is 22.9 Å². The van der Waals surface area contributed by atoms with E-state index >= 15 is 0 Å². The molecule has 0 unspecified atom stereocenters. The van der Waals surface area contributed by atoms with E-state index in [1.54, 1.807) is 0 Å². The zero-order chi connectivity index (χ0) is 23.9. The van der Waals surface area contributed by atoms with E-state index < -0.39 is 0 Å². The highest BCUT2D eigenvalue weighted by Crippen LogP contribution is 2.34. The van der Waals surface area contributed by atoms with Gasteiger partial charge in [-0.15, -0.1) is 21.5 Å². The van der Waals surface area contributed by atoms with Gasteiger partial charge in [-0.3, -0.25) is 9.56 Å². The van der Waals surface area contributed by atoms with E-state index in [1.807, 2.05) is 66.1 Å². The molecule has 35 heavy (non-hydrogen) atoms. The number of rotatable bonds is 2. The van der Waals surface area contributed by atoms with Crippen molar-refractivity contribution in [3.63, 3.8) is 0 Å². The first kappa shape index (κ1) is 21.5. The molecule has 0 spiro atoms. The van der Waals surface area contributed by atoms with Gasteiger partial charge in [0.15, 0.2) is 12.1 Å². The summed E-state index contributed by atoms with van der Waals surface area (Å²) in [6.45, 7) is 2.32. The van der Waals surface area contributed by atoms with Gasteiger partial charge in [-0.25, -0.2) is 0 Å². The number of nitrogens with zero attached hydrogens (tertiary/aromatic N) is 5. The maximum atomic E-state index is 12.3. The van der Waals surface area contributed by atoms with E-state index in [0.29, 0.717) is 21.9 Å². The molecule has 0 amide bonds. The Labute approximate surface area is 208 Å². The topological polar surface area (TPSA) is 79.2 Å². The van der Waals surface area contributed by atoms with Gasteiger partial charge in [0.1, 0.15) is 23.8 Å². The highest BCUT2D eigenvalue weighted by atomic mass is 35.5. The minimum absolute atomic E-state index is 0.249. The highest BCUT2D eigenvalue weighted by Gasteiger charge is 2.25. The third-order valence-electron chi connectivity index (χ3n) is 5.81. The van der Waals surface area contributed by atoms with Crippen molar-refractivity contribution in [3.05, 3.63) is 104 Å². The number of aliphatic imine (C=N–C) groups is 1. The SMILES string of the molecule is Cc1nnc2n1-c1sc(C#CCc3c4ccccc4co[n+]3=O)cc1C(c1ccccc1Cl)=NC2. The number of halogens is 1. The van der Waals surface area contributed by atoms with Gasteiger partial charge in [0.2, 0.25) is 0 Å². The highest BCUT2D eigenvalue weighted by molar-refractivity contribution is 7.15. The largest absolute Gasteiger partial charge is 0.313 e. The second kappa shape index (κ2) is 8.62. The summed E-state index contributed by atoms with van der Waals surface area (Å²) in [5.74, 6) is 7.91.